The second kappa shape index (κ2) is 7.74. The van der Waals surface area contributed by atoms with Gasteiger partial charge in [-0.05, 0) is 38.0 Å². The fourth-order valence-electron chi connectivity index (χ4n) is 2.16. The molecular formula is C18H19NO3S. The van der Waals surface area contributed by atoms with Gasteiger partial charge in [-0.15, -0.1) is 11.3 Å². The topological polar surface area (TPSA) is 55.4 Å². The first kappa shape index (κ1) is 17.0. The van der Waals surface area contributed by atoms with Crippen molar-refractivity contribution in [1.82, 2.24) is 0 Å². The summed E-state index contributed by atoms with van der Waals surface area (Å²) in [5, 5.41) is 3.71. The van der Waals surface area contributed by atoms with E-state index in [9.17, 15) is 9.59 Å². The minimum atomic E-state index is -0.359. The van der Waals surface area contributed by atoms with Gasteiger partial charge >= 0.3 is 5.97 Å². The Morgan fingerprint density at radius 2 is 1.96 bits per heavy atom. The van der Waals surface area contributed by atoms with Crippen molar-refractivity contribution in [3.05, 3.63) is 53.7 Å². The van der Waals surface area contributed by atoms with Gasteiger partial charge in [-0.1, -0.05) is 30.3 Å². The van der Waals surface area contributed by atoms with Gasteiger partial charge in [-0.2, -0.15) is 0 Å². The molecule has 1 aromatic carbocycles. The fourth-order valence-corrected chi connectivity index (χ4v) is 3.34. The minimum Gasteiger partial charge on any atom is -0.462 e. The number of carbonyl (C=O) groups is 2. The average Bonchev–Trinajstić information content (AvgIpc) is 2.85. The van der Waals surface area contributed by atoms with Crippen molar-refractivity contribution in [3.8, 4) is 10.4 Å². The molecule has 5 heteroatoms. The zero-order chi connectivity index (χ0) is 16.8. The molecule has 1 N–H and O–H groups in total. The van der Waals surface area contributed by atoms with Gasteiger partial charge in [-0.3, -0.25) is 4.79 Å². The number of ether oxygens (including phenoxy) is 1. The fraction of sp³-hybridized carbons (Fsp3) is 0.222. The van der Waals surface area contributed by atoms with E-state index in [1.807, 2.05) is 37.3 Å². The highest BCUT2D eigenvalue weighted by Gasteiger charge is 2.22. The predicted molar refractivity (Wildman–Crippen MR) is 93.9 cm³/mol. The molecular weight excluding hydrogens is 310 g/mol. The van der Waals surface area contributed by atoms with E-state index < -0.39 is 0 Å². The van der Waals surface area contributed by atoms with Crippen LogP contribution in [0.5, 0.6) is 0 Å². The monoisotopic (exact) mass is 329 g/mol. The van der Waals surface area contributed by atoms with Crippen LogP contribution in [0.3, 0.4) is 0 Å². The number of hydrogen-bond acceptors (Lipinski definition) is 5. The highest BCUT2D eigenvalue weighted by Crippen LogP contribution is 2.40. The summed E-state index contributed by atoms with van der Waals surface area (Å²) in [5.41, 5.74) is 2.44. The average molecular weight is 329 g/mol. The summed E-state index contributed by atoms with van der Waals surface area (Å²) in [7, 11) is 0. The lowest BCUT2D eigenvalue weighted by molar-refractivity contribution is -0.112. The van der Waals surface area contributed by atoms with Gasteiger partial charge in [0.15, 0.2) is 5.78 Å². The minimum absolute atomic E-state index is 0.0632. The molecule has 1 heterocycles. The number of ketones is 1. The van der Waals surface area contributed by atoms with E-state index in [-0.39, 0.29) is 11.8 Å². The van der Waals surface area contributed by atoms with Crippen molar-refractivity contribution >= 4 is 28.1 Å². The molecule has 23 heavy (non-hydrogen) atoms. The van der Waals surface area contributed by atoms with Crippen LogP contribution in [-0.2, 0) is 9.53 Å². The van der Waals surface area contributed by atoms with Crippen LogP contribution >= 0.6 is 11.3 Å². The second-order valence-corrected chi connectivity index (χ2v) is 5.96. The van der Waals surface area contributed by atoms with Gasteiger partial charge in [0.05, 0.1) is 12.2 Å². The molecule has 0 bridgehead atoms. The van der Waals surface area contributed by atoms with Crippen LogP contribution in [0.25, 0.3) is 10.4 Å². The summed E-state index contributed by atoms with van der Waals surface area (Å²) in [6, 6.07) is 9.88. The molecule has 0 saturated carbocycles. The van der Waals surface area contributed by atoms with Crippen LogP contribution < -0.4 is 5.32 Å². The molecule has 2 aromatic rings. The number of esters is 1. The standard InChI is InChI=1S/C18H19NO3S/c1-4-22-18(21)15-13(3)16(14-8-6-5-7-9-14)23-17(15)19-11-10-12(2)20/h5-11,19H,4H2,1-3H3. The summed E-state index contributed by atoms with van der Waals surface area (Å²) in [6.45, 7) is 5.47. The molecule has 0 saturated heterocycles. The van der Waals surface area contributed by atoms with Crippen LogP contribution in [-0.4, -0.2) is 18.4 Å². The quantitative estimate of drug-likeness (QED) is 0.630. The SMILES string of the molecule is CCOC(=O)c1c(NC=CC(C)=O)sc(-c2ccccc2)c1C. The molecule has 4 nitrogen and oxygen atoms in total. The Kier molecular flexibility index (Phi) is 5.71. The zero-order valence-corrected chi connectivity index (χ0v) is 14.2. The number of thiophene rings is 1. The normalized spacial score (nSPS) is 10.7. The number of benzene rings is 1. The summed E-state index contributed by atoms with van der Waals surface area (Å²) in [6.07, 6.45) is 2.97. The van der Waals surface area contributed by atoms with Crippen molar-refractivity contribution in [2.24, 2.45) is 0 Å². The van der Waals surface area contributed by atoms with Crippen molar-refractivity contribution in [2.45, 2.75) is 20.8 Å². The van der Waals surface area contributed by atoms with E-state index in [4.69, 9.17) is 4.74 Å². The first-order valence-electron chi connectivity index (χ1n) is 7.34. The van der Waals surface area contributed by atoms with Gasteiger partial charge in [-0.25, -0.2) is 4.79 Å². The number of anilines is 1. The predicted octanol–water partition coefficient (Wildman–Crippen LogP) is 4.41. The Hall–Kier alpha value is -2.40. The molecule has 0 fully saturated rings. The molecule has 0 aliphatic carbocycles. The third-order valence-corrected chi connectivity index (χ3v) is 4.47. The Morgan fingerprint density at radius 3 is 2.57 bits per heavy atom. The van der Waals surface area contributed by atoms with Gasteiger partial charge in [0.25, 0.3) is 0 Å². The Labute approximate surface area is 139 Å². The molecule has 0 unspecified atom stereocenters. The first-order valence-corrected chi connectivity index (χ1v) is 8.15. The van der Waals surface area contributed by atoms with E-state index in [1.54, 1.807) is 13.1 Å². The highest BCUT2D eigenvalue weighted by molar-refractivity contribution is 7.20. The van der Waals surface area contributed by atoms with Crippen molar-refractivity contribution in [3.63, 3.8) is 0 Å². The number of hydrogen-bond donors (Lipinski definition) is 1. The third kappa shape index (κ3) is 4.07. The van der Waals surface area contributed by atoms with Gasteiger partial charge in [0.2, 0.25) is 0 Å². The Balaban J connectivity index is 2.46. The molecule has 0 atom stereocenters. The highest BCUT2D eigenvalue weighted by atomic mass is 32.1. The molecule has 2 rings (SSSR count). The molecule has 0 aliphatic rings. The number of rotatable bonds is 6. The van der Waals surface area contributed by atoms with Crippen LogP contribution in [0.15, 0.2) is 42.6 Å². The van der Waals surface area contributed by atoms with Gasteiger partial charge < -0.3 is 10.1 Å². The molecule has 0 amide bonds. The van der Waals surface area contributed by atoms with Gasteiger partial charge in [0.1, 0.15) is 5.00 Å². The number of nitrogens with one attached hydrogen (secondary N) is 1. The van der Waals surface area contributed by atoms with E-state index >= 15 is 0 Å². The first-order chi connectivity index (χ1) is 11.0. The number of carbonyl (C=O) groups excluding carboxylic acids is 2. The largest absolute Gasteiger partial charge is 0.462 e. The van der Waals surface area contributed by atoms with Crippen molar-refractivity contribution in [2.75, 3.05) is 11.9 Å². The Bertz CT molecular complexity index is 732. The van der Waals surface area contributed by atoms with Crippen LogP contribution in [0.2, 0.25) is 0 Å². The third-order valence-electron chi connectivity index (χ3n) is 3.19. The van der Waals surface area contributed by atoms with Crippen molar-refractivity contribution < 1.29 is 14.3 Å². The number of allylic oxidation sites excluding steroid dienone is 1. The summed E-state index contributed by atoms with van der Waals surface area (Å²) < 4.78 is 5.16. The molecule has 0 radical (unpaired) electrons. The molecule has 120 valence electrons. The summed E-state index contributed by atoms with van der Waals surface area (Å²) in [5.74, 6) is -0.422. The van der Waals surface area contributed by atoms with E-state index in [1.165, 1.54) is 24.3 Å². The lowest BCUT2D eigenvalue weighted by Crippen LogP contribution is -2.07. The van der Waals surface area contributed by atoms with E-state index in [0.29, 0.717) is 17.2 Å². The van der Waals surface area contributed by atoms with E-state index in [0.717, 1.165) is 16.0 Å². The smallest absolute Gasteiger partial charge is 0.341 e. The second-order valence-electron chi connectivity index (χ2n) is 4.94. The maximum atomic E-state index is 12.3. The maximum Gasteiger partial charge on any atom is 0.341 e. The van der Waals surface area contributed by atoms with Crippen LogP contribution in [0, 0.1) is 6.92 Å². The van der Waals surface area contributed by atoms with Crippen molar-refractivity contribution in [1.29, 1.82) is 0 Å². The van der Waals surface area contributed by atoms with Crippen LogP contribution in [0.4, 0.5) is 5.00 Å². The van der Waals surface area contributed by atoms with Crippen LogP contribution in [0.1, 0.15) is 29.8 Å². The zero-order valence-electron chi connectivity index (χ0n) is 13.4. The lowest BCUT2D eigenvalue weighted by atomic mass is 10.1. The summed E-state index contributed by atoms with van der Waals surface area (Å²) >= 11 is 1.47. The lowest BCUT2D eigenvalue weighted by Gasteiger charge is -2.05. The molecule has 1 aromatic heterocycles. The summed E-state index contributed by atoms with van der Waals surface area (Å²) in [4.78, 5) is 24.3. The van der Waals surface area contributed by atoms with Gasteiger partial charge in [0, 0.05) is 11.1 Å². The Morgan fingerprint density at radius 1 is 1.26 bits per heavy atom. The maximum absolute atomic E-state index is 12.3. The molecule has 0 spiro atoms. The molecule has 0 aliphatic heterocycles. The van der Waals surface area contributed by atoms with E-state index in [2.05, 4.69) is 5.32 Å².